The number of carboxylic acid groups (broad SMARTS) is 1. The van der Waals surface area contributed by atoms with Crippen LogP contribution >= 0.6 is 0 Å². The van der Waals surface area contributed by atoms with Gasteiger partial charge in [-0.25, -0.2) is 0 Å². The van der Waals surface area contributed by atoms with Crippen LogP contribution in [0.3, 0.4) is 0 Å². The van der Waals surface area contributed by atoms with Crippen molar-refractivity contribution in [3.05, 3.63) is 36.4 Å². The predicted molar refractivity (Wildman–Crippen MR) is 91.2 cm³/mol. The highest BCUT2D eigenvalue weighted by molar-refractivity contribution is 5.97. The van der Waals surface area contributed by atoms with Crippen molar-refractivity contribution in [3.63, 3.8) is 0 Å². The standard InChI is InChI=1S/C18H23NO6/c1-4-7-25-16-10-13(23-2)5-6-15(16)18(22)19-11-14(24-3)8-12(19)9-17(20)21/h4-6,10,12,14H,1,7-9,11H2,2-3H3,(H,20,21). The third kappa shape index (κ3) is 4.51. The zero-order valence-corrected chi connectivity index (χ0v) is 14.4. The van der Waals surface area contributed by atoms with E-state index in [1.807, 2.05) is 0 Å². The number of hydrogen-bond acceptors (Lipinski definition) is 5. The summed E-state index contributed by atoms with van der Waals surface area (Å²) in [6, 6.07) is 4.51. The first-order chi connectivity index (χ1) is 12.0. The number of methoxy groups -OCH3 is 2. The van der Waals surface area contributed by atoms with Crippen LogP contribution in [0, 0.1) is 0 Å². The molecule has 7 heteroatoms. The molecule has 1 amide bonds. The van der Waals surface area contributed by atoms with Crippen LogP contribution in [0.4, 0.5) is 0 Å². The number of hydrogen-bond donors (Lipinski definition) is 1. The minimum Gasteiger partial charge on any atom is -0.497 e. The highest BCUT2D eigenvalue weighted by Crippen LogP contribution is 2.30. The summed E-state index contributed by atoms with van der Waals surface area (Å²) >= 11 is 0. The van der Waals surface area contributed by atoms with Crippen LogP contribution in [0.2, 0.25) is 0 Å². The van der Waals surface area contributed by atoms with E-state index in [-0.39, 0.29) is 25.0 Å². The molecule has 1 fully saturated rings. The lowest BCUT2D eigenvalue weighted by molar-refractivity contribution is -0.137. The molecule has 1 heterocycles. The van der Waals surface area contributed by atoms with Crippen molar-refractivity contribution in [2.45, 2.75) is 25.0 Å². The Morgan fingerprint density at radius 2 is 2.16 bits per heavy atom. The SMILES string of the molecule is C=CCOc1cc(OC)ccc1C(=O)N1CC(OC)CC1CC(=O)O. The second-order valence-corrected chi connectivity index (χ2v) is 5.76. The molecule has 0 saturated carbocycles. The molecule has 25 heavy (non-hydrogen) atoms. The number of carboxylic acids is 1. The van der Waals surface area contributed by atoms with Gasteiger partial charge < -0.3 is 24.2 Å². The lowest BCUT2D eigenvalue weighted by atomic mass is 10.1. The van der Waals surface area contributed by atoms with E-state index in [1.165, 1.54) is 7.11 Å². The van der Waals surface area contributed by atoms with Gasteiger partial charge in [-0.05, 0) is 18.6 Å². The Hall–Kier alpha value is -2.54. The van der Waals surface area contributed by atoms with Crippen molar-refractivity contribution in [2.75, 3.05) is 27.4 Å². The van der Waals surface area contributed by atoms with E-state index >= 15 is 0 Å². The van der Waals surface area contributed by atoms with Crippen molar-refractivity contribution in [1.82, 2.24) is 4.90 Å². The number of benzene rings is 1. The highest BCUT2D eigenvalue weighted by atomic mass is 16.5. The van der Waals surface area contributed by atoms with E-state index in [0.717, 1.165) is 0 Å². The Kier molecular flexibility index (Phi) is 6.41. The van der Waals surface area contributed by atoms with Gasteiger partial charge in [-0.2, -0.15) is 0 Å². The summed E-state index contributed by atoms with van der Waals surface area (Å²) in [5, 5.41) is 9.11. The average molecular weight is 349 g/mol. The van der Waals surface area contributed by atoms with Gasteiger partial charge in [-0.1, -0.05) is 12.7 Å². The largest absolute Gasteiger partial charge is 0.497 e. The number of carbonyl (C=O) groups excluding carboxylic acids is 1. The fourth-order valence-electron chi connectivity index (χ4n) is 2.92. The number of ether oxygens (including phenoxy) is 3. The van der Waals surface area contributed by atoms with E-state index < -0.39 is 12.0 Å². The Morgan fingerprint density at radius 3 is 2.76 bits per heavy atom. The fourth-order valence-corrected chi connectivity index (χ4v) is 2.92. The molecule has 0 radical (unpaired) electrons. The molecule has 1 N–H and O–H groups in total. The number of rotatable bonds is 8. The van der Waals surface area contributed by atoms with Crippen LogP contribution in [-0.2, 0) is 9.53 Å². The van der Waals surface area contributed by atoms with Crippen LogP contribution in [0.15, 0.2) is 30.9 Å². The molecular formula is C18H23NO6. The topological polar surface area (TPSA) is 85.3 Å². The monoisotopic (exact) mass is 349 g/mol. The minimum atomic E-state index is -0.947. The van der Waals surface area contributed by atoms with Gasteiger partial charge in [0.1, 0.15) is 18.1 Å². The number of aliphatic carboxylic acids is 1. The fraction of sp³-hybridized carbons (Fsp3) is 0.444. The van der Waals surface area contributed by atoms with Gasteiger partial charge in [0.25, 0.3) is 5.91 Å². The maximum Gasteiger partial charge on any atom is 0.305 e. The zero-order chi connectivity index (χ0) is 18.4. The normalized spacial score (nSPS) is 19.5. The quantitative estimate of drug-likeness (QED) is 0.722. The average Bonchev–Trinajstić information content (AvgIpc) is 3.01. The molecule has 1 aromatic rings. The maximum atomic E-state index is 13.0. The molecule has 0 spiro atoms. The van der Waals surface area contributed by atoms with Crippen molar-refractivity contribution in [1.29, 1.82) is 0 Å². The van der Waals surface area contributed by atoms with Gasteiger partial charge in [0.05, 0.1) is 25.2 Å². The summed E-state index contributed by atoms with van der Waals surface area (Å²) in [6.45, 7) is 4.19. The summed E-state index contributed by atoms with van der Waals surface area (Å²) in [7, 11) is 3.09. The van der Waals surface area contributed by atoms with Crippen molar-refractivity contribution >= 4 is 11.9 Å². The molecule has 1 aliphatic rings. The Bertz CT molecular complexity index is 644. The highest BCUT2D eigenvalue weighted by Gasteiger charge is 2.37. The molecule has 0 bridgehead atoms. The third-order valence-electron chi connectivity index (χ3n) is 4.16. The van der Waals surface area contributed by atoms with Gasteiger partial charge in [0, 0.05) is 25.8 Å². The van der Waals surface area contributed by atoms with Crippen LogP contribution in [0.5, 0.6) is 11.5 Å². The molecular weight excluding hydrogens is 326 g/mol. The Labute approximate surface area is 146 Å². The molecule has 136 valence electrons. The van der Waals surface area contributed by atoms with E-state index in [0.29, 0.717) is 30.0 Å². The number of carbonyl (C=O) groups is 2. The van der Waals surface area contributed by atoms with Crippen molar-refractivity contribution < 1.29 is 28.9 Å². The first-order valence-electron chi connectivity index (χ1n) is 7.97. The second kappa shape index (κ2) is 8.53. The van der Waals surface area contributed by atoms with E-state index in [4.69, 9.17) is 19.3 Å². The maximum absolute atomic E-state index is 13.0. The molecule has 7 nitrogen and oxygen atoms in total. The van der Waals surface area contributed by atoms with Gasteiger partial charge in [0.15, 0.2) is 0 Å². The zero-order valence-electron chi connectivity index (χ0n) is 14.4. The van der Waals surface area contributed by atoms with Gasteiger partial charge in [0.2, 0.25) is 0 Å². The summed E-state index contributed by atoms with van der Waals surface area (Å²) in [4.78, 5) is 25.7. The summed E-state index contributed by atoms with van der Waals surface area (Å²) in [6.07, 6.45) is 1.78. The van der Waals surface area contributed by atoms with Crippen LogP contribution in [0.25, 0.3) is 0 Å². The second-order valence-electron chi connectivity index (χ2n) is 5.76. The molecule has 2 atom stereocenters. The molecule has 0 aliphatic carbocycles. The minimum absolute atomic E-state index is 0.120. The third-order valence-corrected chi connectivity index (χ3v) is 4.16. The number of amides is 1. The van der Waals surface area contributed by atoms with E-state index in [2.05, 4.69) is 6.58 Å². The molecule has 0 aromatic heterocycles. The summed E-state index contributed by atoms with van der Waals surface area (Å²) in [5.41, 5.74) is 0.356. The first-order valence-corrected chi connectivity index (χ1v) is 7.97. The Balaban J connectivity index is 2.30. The van der Waals surface area contributed by atoms with Crippen molar-refractivity contribution in [2.24, 2.45) is 0 Å². The Morgan fingerprint density at radius 1 is 1.40 bits per heavy atom. The first kappa shape index (κ1) is 18.8. The van der Waals surface area contributed by atoms with Gasteiger partial charge in [-0.15, -0.1) is 0 Å². The molecule has 1 aromatic carbocycles. The molecule has 1 aliphatic heterocycles. The number of nitrogens with zero attached hydrogens (tertiary/aromatic N) is 1. The summed E-state index contributed by atoms with van der Waals surface area (Å²) in [5.74, 6) is -0.294. The lowest BCUT2D eigenvalue weighted by Gasteiger charge is -2.24. The van der Waals surface area contributed by atoms with E-state index in [9.17, 15) is 9.59 Å². The van der Waals surface area contributed by atoms with E-state index in [1.54, 1.807) is 36.3 Å². The van der Waals surface area contributed by atoms with Crippen LogP contribution < -0.4 is 9.47 Å². The molecule has 1 saturated heterocycles. The van der Waals surface area contributed by atoms with Crippen molar-refractivity contribution in [3.8, 4) is 11.5 Å². The van der Waals surface area contributed by atoms with Crippen LogP contribution in [0.1, 0.15) is 23.2 Å². The van der Waals surface area contributed by atoms with Crippen LogP contribution in [-0.4, -0.2) is 61.4 Å². The predicted octanol–water partition coefficient (Wildman–Crippen LogP) is 1.96. The van der Waals surface area contributed by atoms with Gasteiger partial charge >= 0.3 is 5.97 Å². The molecule has 2 rings (SSSR count). The number of likely N-dealkylation sites (tertiary alicyclic amines) is 1. The molecule has 2 unspecified atom stereocenters. The smallest absolute Gasteiger partial charge is 0.305 e. The lowest BCUT2D eigenvalue weighted by Crippen LogP contribution is -2.37. The summed E-state index contributed by atoms with van der Waals surface area (Å²) < 4.78 is 16.1. The van der Waals surface area contributed by atoms with Gasteiger partial charge in [-0.3, -0.25) is 9.59 Å².